The van der Waals surface area contributed by atoms with Crippen LogP contribution in [0.5, 0.6) is 5.88 Å². The van der Waals surface area contributed by atoms with Crippen molar-refractivity contribution >= 4 is 34.7 Å². The molecule has 9 heteroatoms. The number of aromatic nitrogens is 3. The minimum absolute atomic E-state index is 0.177. The van der Waals surface area contributed by atoms with Crippen LogP contribution in [-0.4, -0.2) is 39.9 Å². The van der Waals surface area contributed by atoms with Gasteiger partial charge in [-0.3, -0.25) is 14.6 Å². The van der Waals surface area contributed by atoms with E-state index >= 15 is 0 Å². The van der Waals surface area contributed by atoms with E-state index in [0.717, 1.165) is 29.8 Å². The third-order valence-corrected chi connectivity index (χ3v) is 5.91. The van der Waals surface area contributed by atoms with Crippen LogP contribution in [0, 0.1) is 0 Å². The molecule has 0 atom stereocenters. The normalized spacial score (nSPS) is 12.9. The van der Waals surface area contributed by atoms with Crippen LogP contribution in [0.3, 0.4) is 0 Å². The van der Waals surface area contributed by atoms with E-state index in [1.807, 2.05) is 48.2 Å². The Bertz CT molecular complexity index is 1390. The summed E-state index contributed by atoms with van der Waals surface area (Å²) in [5, 5.41) is 6.04. The molecule has 37 heavy (non-hydrogen) atoms. The monoisotopic (exact) mass is 494 g/mol. The molecule has 0 radical (unpaired) electrons. The maximum Gasteiger partial charge on any atom is 0.257 e. The van der Waals surface area contributed by atoms with Crippen LogP contribution in [-0.2, 0) is 4.79 Å². The van der Waals surface area contributed by atoms with Gasteiger partial charge in [0.15, 0.2) is 0 Å². The zero-order valence-corrected chi connectivity index (χ0v) is 20.3. The summed E-state index contributed by atoms with van der Waals surface area (Å²) in [7, 11) is 0. The Hall–Kier alpha value is -4.79. The van der Waals surface area contributed by atoms with Gasteiger partial charge in [0.05, 0.1) is 35.9 Å². The predicted molar refractivity (Wildman–Crippen MR) is 142 cm³/mol. The van der Waals surface area contributed by atoms with Gasteiger partial charge in [0.1, 0.15) is 5.82 Å². The van der Waals surface area contributed by atoms with Crippen LogP contribution in [0.25, 0.3) is 11.1 Å². The van der Waals surface area contributed by atoms with Crippen molar-refractivity contribution in [1.29, 1.82) is 0 Å². The van der Waals surface area contributed by atoms with Crippen LogP contribution in [0.2, 0.25) is 0 Å². The van der Waals surface area contributed by atoms with E-state index in [9.17, 15) is 9.59 Å². The Labute approximate surface area is 214 Å². The summed E-state index contributed by atoms with van der Waals surface area (Å²) in [5.74, 6) is 0.998. The number of hydrogen-bond acceptors (Lipinski definition) is 7. The van der Waals surface area contributed by atoms with E-state index in [-0.39, 0.29) is 11.8 Å². The highest BCUT2D eigenvalue weighted by Gasteiger charge is 2.21. The Morgan fingerprint density at radius 3 is 2.43 bits per heavy atom. The van der Waals surface area contributed by atoms with Crippen LogP contribution < -0.4 is 20.3 Å². The van der Waals surface area contributed by atoms with Gasteiger partial charge in [-0.1, -0.05) is 12.1 Å². The van der Waals surface area contributed by atoms with Crippen molar-refractivity contribution in [3.05, 3.63) is 84.9 Å². The fourth-order valence-electron chi connectivity index (χ4n) is 4.07. The number of nitrogens with zero attached hydrogens (tertiary/aromatic N) is 4. The molecule has 1 aliphatic heterocycles. The molecule has 1 saturated heterocycles. The lowest BCUT2D eigenvalue weighted by molar-refractivity contribution is -0.117. The summed E-state index contributed by atoms with van der Waals surface area (Å²) < 4.78 is 5.31. The average Bonchev–Trinajstić information content (AvgIpc) is 3.36. The van der Waals surface area contributed by atoms with E-state index in [1.54, 1.807) is 36.8 Å². The van der Waals surface area contributed by atoms with E-state index in [1.165, 1.54) is 6.20 Å². The van der Waals surface area contributed by atoms with Gasteiger partial charge in [-0.2, -0.15) is 0 Å². The van der Waals surface area contributed by atoms with E-state index in [2.05, 4.69) is 25.6 Å². The number of amides is 2. The lowest BCUT2D eigenvalue weighted by Crippen LogP contribution is -2.23. The summed E-state index contributed by atoms with van der Waals surface area (Å²) in [5.41, 5.74) is 4.55. The molecule has 1 fully saturated rings. The van der Waals surface area contributed by atoms with E-state index in [4.69, 9.17) is 4.74 Å². The molecule has 5 rings (SSSR count). The summed E-state index contributed by atoms with van der Waals surface area (Å²) in [4.78, 5) is 39.2. The lowest BCUT2D eigenvalue weighted by atomic mass is 10.1. The maximum absolute atomic E-state index is 12.6. The van der Waals surface area contributed by atoms with Crippen molar-refractivity contribution in [1.82, 2.24) is 15.0 Å². The number of hydrogen-bond donors (Lipinski definition) is 2. The number of rotatable bonds is 8. The largest absolute Gasteiger partial charge is 0.478 e. The van der Waals surface area contributed by atoms with Gasteiger partial charge in [-0.05, 0) is 55.3 Å². The molecule has 4 heterocycles. The van der Waals surface area contributed by atoms with Crippen LogP contribution in [0.1, 0.15) is 30.1 Å². The van der Waals surface area contributed by atoms with Crippen molar-refractivity contribution in [2.45, 2.75) is 19.8 Å². The molecular weight excluding hydrogens is 468 g/mol. The van der Waals surface area contributed by atoms with Crippen molar-refractivity contribution in [2.24, 2.45) is 0 Å². The molecule has 2 N–H and O–H groups in total. The predicted octanol–water partition coefficient (Wildman–Crippen LogP) is 5.06. The minimum atomic E-state index is -0.294. The quantitative estimate of drug-likeness (QED) is 0.352. The molecule has 186 valence electrons. The first-order valence-electron chi connectivity index (χ1n) is 12.1. The summed E-state index contributed by atoms with van der Waals surface area (Å²) in [6, 6.07) is 16.9. The van der Waals surface area contributed by atoms with Crippen LogP contribution in [0.4, 0.5) is 22.9 Å². The second-order valence-corrected chi connectivity index (χ2v) is 8.49. The van der Waals surface area contributed by atoms with Gasteiger partial charge in [0, 0.05) is 42.7 Å². The van der Waals surface area contributed by atoms with Gasteiger partial charge in [-0.15, -0.1) is 0 Å². The van der Waals surface area contributed by atoms with Crippen molar-refractivity contribution in [3.63, 3.8) is 0 Å². The number of anilines is 4. The summed E-state index contributed by atoms with van der Waals surface area (Å²) in [6.45, 7) is 3.16. The molecule has 0 unspecified atom stereocenters. The highest BCUT2D eigenvalue weighted by atomic mass is 16.5. The molecule has 1 aromatic carbocycles. The first-order chi connectivity index (χ1) is 18.1. The fourth-order valence-corrected chi connectivity index (χ4v) is 4.07. The Balaban J connectivity index is 1.21. The molecule has 0 aliphatic carbocycles. The number of benzene rings is 1. The SMILES string of the molecule is CCOc1ccc(C(=O)Nc2cncc(Nc3ccc(-c4ccc(N5CCCC5=O)cc4)cn3)c2)cn1. The highest BCUT2D eigenvalue weighted by molar-refractivity contribution is 6.04. The number of nitrogens with one attached hydrogen (secondary N) is 2. The third-order valence-electron chi connectivity index (χ3n) is 5.91. The smallest absolute Gasteiger partial charge is 0.257 e. The van der Waals surface area contributed by atoms with E-state index < -0.39 is 0 Å². The lowest BCUT2D eigenvalue weighted by Gasteiger charge is -2.16. The standard InChI is InChI=1S/C28H26N6O3/c1-2-37-26-12-8-21(16-31-26)28(36)33-23-14-22(17-29-18-23)32-25-11-7-20(15-30-25)19-5-9-24(10-6-19)34-13-3-4-27(34)35/h5-12,14-18H,2-4,13H2,1H3,(H,30,32)(H,33,36). The van der Waals surface area contributed by atoms with Crippen LogP contribution in [0.15, 0.2) is 79.4 Å². The molecule has 4 aromatic rings. The molecule has 9 nitrogen and oxygen atoms in total. The molecule has 3 aromatic heterocycles. The number of carbonyl (C=O) groups is 2. The Morgan fingerprint density at radius 2 is 1.76 bits per heavy atom. The van der Waals surface area contributed by atoms with Gasteiger partial charge in [0.2, 0.25) is 11.8 Å². The molecule has 0 bridgehead atoms. The fraction of sp³-hybridized carbons (Fsp3) is 0.179. The third kappa shape index (κ3) is 5.72. The van der Waals surface area contributed by atoms with Gasteiger partial charge >= 0.3 is 0 Å². The van der Waals surface area contributed by atoms with Gasteiger partial charge < -0.3 is 20.3 Å². The molecule has 1 aliphatic rings. The molecule has 0 spiro atoms. The Kier molecular flexibility index (Phi) is 7.02. The number of pyridine rings is 3. The molecule has 0 saturated carbocycles. The maximum atomic E-state index is 12.6. The first kappa shape index (κ1) is 23.9. The molecule has 2 amide bonds. The number of carbonyl (C=O) groups excluding carboxylic acids is 2. The average molecular weight is 495 g/mol. The van der Waals surface area contributed by atoms with Gasteiger partial charge in [-0.25, -0.2) is 9.97 Å². The van der Waals surface area contributed by atoms with Crippen molar-refractivity contribution in [2.75, 3.05) is 28.7 Å². The molecular formula is C28H26N6O3. The van der Waals surface area contributed by atoms with E-state index in [0.29, 0.717) is 41.7 Å². The first-order valence-corrected chi connectivity index (χ1v) is 12.1. The zero-order valence-electron chi connectivity index (χ0n) is 20.3. The second kappa shape index (κ2) is 10.9. The van der Waals surface area contributed by atoms with Gasteiger partial charge in [0.25, 0.3) is 5.91 Å². The topological polar surface area (TPSA) is 109 Å². The number of ether oxygens (including phenoxy) is 1. The minimum Gasteiger partial charge on any atom is -0.478 e. The van der Waals surface area contributed by atoms with Crippen LogP contribution >= 0.6 is 0 Å². The Morgan fingerprint density at radius 1 is 0.946 bits per heavy atom. The highest BCUT2D eigenvalue weighted by Crippen LogP contribution is 2.27. The second-order valence-electron chi connectivity index (χ2n) is 8.49. The zero-order chi connectivity index (χ0) is 25.6. The summed E-state index contributed by atoms with van der Waals surface area (Å²) in [6.07, 6.45) is 8.01. The van der Waals surface area contributed by atoms with Crippen molar-refractivity contribution in [3.8, 4) is 17.0 Å². The van der Waals surface area contributed by atoms with Crippen molar-refractivity contribution < 1.29 is 14.3 Å². The summed E-state index contributed by atoms with van der Waals surface area (Å²) >= 11 is 0.